The van der Waals surface area contributed by atoms with Crippen molar-refractivity contribution in [1.82, 2.24) is 9.97 Å². The van der Waals surface area contributed by atoms with Gasteiger partial charge in [-0.25, -0.2) is 14.4 Å². The van der Waals surface area contributed by atoms with Gasteiger partial charge in [-0.05, 0) is 25.1 Å². The maximum Gasteiger partial charge on any atom is 0.226 e. The van der Waals surface area contributed by atoms with Crippen LogP contribution in [0.1, 0.15) is 6.92 Å². The predicted octanol–water partition coefficient (Wildman–Crippen LogP) is 3.46. The smallest absolute Gasteiger partial charge is 0.226 e. The fraction of sp³-hybridized carbons (Fsp3) is 0.143. The molecule has 0 spiro atoms. The van der Waals surface area contributed by atoms with Crippen LogP contribution in [-0.2, 0) is 0 Å². The number of nitrogens with zero attached hydrogens (tertiary/aromatic N) is 2. The molecule has 0 aliphatic rings. The highest BCUT2D eigenvalue weighted by Gasteiger charge is 2.07. The van der Waals surface area contributed by atoms with Crippen LogP contribution in [0.2, 0.25) is 5.02 Å². The van der Waals surface area contributed by atoms with E-state index >= 15 is 0 Å². The molecule has 2 aromatic rings. The van der Waals surface area contributed by atoms with Crippen LogP contribution in [0.3, 0.4) is 0 Å². The zero-order valence-corrected chi connectivity index (χ0v) is 11.3. The lowest BCUT2D eigenvalue weighted by Gasteiger charge is -2.07. The Hall–Kier alpha value is -2.32. The molecule has 0 aliphatic carbocycles. The molecule has 0 bridgehead atoms. The van der Waals surface area contributed by atoms with Crippen molar-refractivity contribution < 1.29 is 13.9 Å². The number of rotatable bonds is 4. The van der Waals surface area contributed by atoms with Crippen LogP contribution in [-0.4, -0.2) is 16.6 Å². The fourth-order valence-electron chi connectivity index (χ4n) is 1.31. The van der Waals surface area contributed by atoms with Crippen molar-refractivity contribution in [2.24, 2.45) is 0 Å². The molecular formula is C14H10ClFN2O2. The maximum absolute atomic E-state index is 12.9. The monoisotopic (exact) mass is 292 g/mol. The molecule has 0 saturated carbocycles. The Morgan fingerprint density at radius 1 is 1.25 bits per heavy atom. The molecule has 1 aromatic heterocycles. The fourth-order valence-corrected chi connectivity index (χ4v) is 1.52. The largest absolute Gasteiger partial charge is 0.464 e. The standard InChI is InChI=1S/C14H10ClFN2O2/c1-2-3-6-19-13-8-14(18-9-17-13)20-12-5-4-10(16)7-11(12)15/h4-5,7-9H,6H2,1H3. The van der Waals surface area contributed by atoms with E-state index in [1.54, 1.807) is 6.92 Å². The first kappa shape index (κ1) is 14.1. The Balaban J connectivity index is 2.12. The molecule has 0 atom stereocenters. The predicted molar refractivity (Wildman–Crippen MR) is 72.5 cm³/mol. The average Bonchev–Trinajstić information content (AvgIpc) is 2.43. The van der Waals surface area contributed by atoms with E-state index < -0.39 is 5.82 Å². The van der Waals surface area contributed by atoms with Gasteiger partial charge < -0.3 is 9.47 Å². The van der Waals surface area contributed by atoms with Crippen molar-refractivity contribution in [2.45, 2.75) is 6.92 Å². The summed E-state index contributed by atoms with van der Waals surface area (Å²) in [6.45, 7) is 1.94. The molecule has 6 heteroatoms. The first-order chi connectivity index (χ1) is 9.69. The molecule has 0 radical (unpaired) electrons. The molecule has 102 valence electrons. The van der Waals surface area contributed by atoms with E-state index in [2.05, 4.69) is 21.8 Å². The molecular weight excluding hydrogens is 283 g/mol. The summed E-state index contributed by atoms with van der Waals surface area (Å²) in [5, 5.41) is 0.155. The highest BCUT2D eigenvalue weighted by atomic mass is 35.5. The summed E-state index contributed by atoms with van der Waals surface area (Å²) in [4.78, 5) is 7.84. The number of ether oxygens (including phenoxy) is 2. The Kier molecular flexibility index (Phi) is 4.75. The second-order valence-corrected chi connectivity index (χ2v) is 3.99. The summed E-state index contributed by atoms with van der Waals surface area (Å²) < 4.78 is 23.6. The molecule has 0 aliphatic heterocycles. The number of halogens is 2. The van der Waals surface area contributed by atoms with Crippen molar-refractivity contribution >= 4 is 11.6 Å². The van der Waals surface area contributed by atoms with Crippen LogP contribution in [0.15, 0.2) is 30.6 Å². The molecule has 20 heavy (non-hydrogen) atoms. The quantitative estimate of drug-likeness (QED) is 0.810. The highest BCUT2D eigenvalue weighted by Crippen LogP contribution is 2.29. The third-order valence-corrected chi connectivity index (χ3v) is 2.49. The summed E-state index contributed by atoms with van der Waals surface area (Å²) in [6, 6.07) is 5.32. The number of benzene rings is 1. The second kappa shape index (κ2) is 6.73. The van der Waals surface area contributed by atoms with Crippen LogP contribution in [0.25, 0.3) is 0 Å². The van der Waals surface area contributed by atoms with Gasteiger partial charge in [-0.1, -0.05) is 17.5 Å². The zero-order chi connectivity index (χ0) is 14.4. The normalized spacial score (nSPS) is 9.55. The summed E-state index contributed by atoms with van der Waals surface area (Å²) in [7, 11) is 0. The molecule has 2 rings (SSSR count). The minimum Gasteiger partial charge on any atom is -0.464 e. The van der Waals surface area contributed by atoms with E-state index in [-0.39, 0.29) is 17.5 Å². The summed E-state index contributed by atoms with van der Waals surface area (Å²) in [5.41, 5.74) is 0. The van der Waals surface area contributed by atoms with Gasteiger partial charge in [-0.2, -0.15) is 0 Å². The van der Waals surface area contributed by atoms with Crippen LogP contribution in [0.4, 0.5) is 4.39 Å². The molecule has 1 aromatic carbocycles. The topological polar surface area (TPSA) is 44.2 Å². The Bertz CT molecular complexity index is 668. The Labute approximate surface area is 120 Å². The third kappa shape index (κ3) is 3.84. The summed E-state index contributed by atoms with van der Waals surface area (Å²) in [6.07, 6.45) is 1.29. The van der Waals surface area contributed by atoms with E-state index in [0.717, 1.165) is 6.07 Å². The van der Waals surface area contributed by atoms with Crippen molar-refractivity contribution in [2.75, 3.05) is 6.61 Å². The maximum atomic E-state index is 12.9. The van der Waals surface area contributed by atoms with E-state index in [0.29, 0.717) is 11.6 Å². The number of aromatic nitrogens is 2. The van der Waals surface area contributed by atoms with Gasteiger partial charge in [0.05, 0.1) is 11.1 Å². The highest BCUT2D eigenvalue weighted by molar-refractivity contribution is 6.32. The molecule has 0 amide bonds. The summed E-state index contributed by atoms with van der Waals surface area (Å²) in [5.74, 6) is 5.88. The molecule has 1 heterocycles. The molecule has 0 fully saturated rings. The third-order valence-electron chi connectivity index (χ3n) is 2.19. The molecule has 4 nitrogen and oxygen atoms in total. The van der Waals surface area contributed by atoms with Gasteiger partial charge in [0.25, 0.3) is 0 Å². The summed E-state index contributed by atoms with van der Waals surface area (Å²) >= 11 is 5.86. The first-order valence-corrected chi connectivity index (χ1v) is 6.04. The number of hydrogen-bond acceptors (Lipinski definition) is 4. The van der Waals surface area contributed by atoms with Crippen LogP contribution in [0.5, 0.6) is 17.5 Å². The first-order valence-electron chi connectivity index (χ1n) is 5.66. The Morgan fingerprint density at radius 3 is 2.80 bits per heavy atom. The van der Waals surface area contributed by atoms with Gasteiger partial charge in [0.2, 0.25) is 11.8 Å². The van der Waals surface area contributed by atoms with E-state index in [1.807, 2.05) is 0 Å². The molecule has 0 N–H and O–H groups in total. The SMILES string of the molecule is CC#CCOc1cc(Oc2ccc(F)cc2Cl)ncn1. The van der Waals surface area contributed by atoms with Gasteiger partial charge in [0.1, 0.15) is 17.9 Å². The van der Waals surface area contributed by atoms with Crippen molar-refractivity contribution in [3.63, 3.8) is 0 Å². The van der Waals surface area contributed by atoms with E-state index in [1.165, 1.54) is 24.5 Å². The number of hydrogen-bond donors (Lipinski definition) is 0. The van der Waals surface area contributed by atoms with Crippen LogP contribution in [0, 0.1) is 17.7 Å². The van der Waals surface area contributed by atoms with Crippen molar-refractivity contribution in [3.05, 3.63) is 41.4 Å². The minimum atomic E-state index is -0.438. The average molecular weight is 293 g/mol. The lowest BCUT2D eigenvalue weighted by atomic mass is 10.3. The minimum absolute atomic E-state index is 0.155. The van der Waals surface area contributed by atoms with Gasteiger partial charge in [-0.3, -0.25) is 0 Å². The van der Waals surface area contributed by atoms with Gasteiger partial charge in [-0.15, -0.1) is 5.92 Å². The molecule has 0 unspecified atom stereocenters. The van der Waals surface area contributed by atoms with E-state index in [4.69, 9.17) is 21.1 Å². The van der Waals surface area contributed by atoms with Gasteiger partial charge in [0.15, 0.2) is 6.61 Å². The lowest BCUT2D eigenvalue weighted by molar-refractivity contribution is 0.349. The van der Waals surface area contributed by atoms with E-state index in [9.17, 15) is 4.39 Å². The lowest BCUT2D eigenvalue weighted by Crippen LogP contribution is -1.98. The van der Waals surface area contributed by atoms with Crippen molar-refractivity contribution in [3.8, 4) is 29.4 Å². The Morgan fingerprint density at radius 2 is 2.05 bits per heavy atom. The van der Waals surface area contributed by atoms with Gasteiger partial charge >= 0.3 is 0 Å². The van der Waals surface area contributed by atoms with Gasteiger partial charge in [0, 0.05) is 0 Å². The molecule has 0 saturated heterocycles. The van der Waals surface area contributed by atoms with Crippen LogP contribution < -0.4 is 9.47 Å². The van der Waals surface area contributed by atoms with Crippen LogP contribution >= 0.6 is 11.6 Å². The van der Waals surface area contributed by atoms with Crippen molar-refractivity contribution in [1.29, 1.82) is 0 Å². The second-order valence-electron chi connectivity index (χ2n) is 3.59. The zero-order valence-electron chi connectivity index (χ0n) is 10.6.